The zero-order valence-corrected chi connectivity index (χ0v) is 13.9. The second-order valence-corrected chi connectivity index (χ2v) is 5.94. The van der Waals surface area contributed by atoms with Crippen LogP contribution in [0.25, 0.3) is 0 Å². The zero-order chi connectivity index (χ0) is 13.7. The van der Waals surface area contributed by atoms with Crippen molar-refractivity contribution in [3.63, 3.8) is 0 Å². The van der Waals surface area contributed by atoms with E-state index in [1.165, 1.54) is 0 Å². The van der Waals surface area contributed by atoms with Gasteiger partial charge in [-0.15, -0.1) is 0 Å². The Balaban J connectivity index is 2.70. The van der Waals surface area contributed by atoms with E-state index in [9.17, 15) is 4.79 Å². The number of benzene rings is 1. The third-order valence-electron chi connectivity index (χ3n) is 2.67. The molecule has 0 aliphatic carbocycles. The van der Waals surface area contributed by atoms with Gasteiger partial charge in [-0.05, 0) is 38.5 Å². The summed E-state index contributed by atoms with van der Waals surface area (Å²) in [5, 5.41) is 6.09. The molecule has 0 bridgehead atoms. The average molecular weight is 378 g/mol. The summed E-state index contributed by atoms with van der Waals surface area (Å²) in [6.07, 6.45) is 0. The van der Waals surface area contributed by atoms with Gasteiger partial charge in [0.25, 0.3) is 0 Å². The highest BCUT2D eigenvalue weighted by Crippen LogP contribution is 2.26. The molecule has 1 amide bonds. The van der Waals surface area contributed by atoms with Gasteiger partial charge < -0.3 is 5.32 Å². The Kier molecular flexibility index (Phi) is 6.32. The topological polar surface area (TPSA) is 41.1 Å². The first kappa shape index (κ1) is 15.7. The third kappa shape index (κ3) is 4.37. The molecule has 1 rings (SSSR count). The number of likely N-dealkylation sites (N-methyl/N-ethyl adjacent to an activating group) is 1. The maximum absolute atomic E-state index is 11.7. The highest BCUT2D eigenvalue weighted by atomic mass is 79.9. The van der Waals surface area contributed by atoms with Gasteiger partial charge in [0.1, 0.15) is 0 Å². The summed E-state index contributed by atoms with van der Waals surface area (Å²) >= 11 is 6.96. The van der Waals surface area contributed by atoms with Crippen LogP contribution in [0.2, 0.25) is 0 Å². The average Bonchev–Trinajstić information content (AvgIpc) is 2.28. The van der Waals surface area contributed by atoms with E-state index in [-0.39, 0.29) is 18.0 Å². The van der Waals surface area contributed by atoms with Gasteiger partial charge in [-0.2, -0.15) is 0 Å². The number of amides is 1. The van der Waals surface area contributed by atoms with Crippen molar-refractivity contribution in [3.8, 4) is 0 Å². The summed E-state index contributed by atoms with van der Waals surface area (Å²) in [4.78, 5) is 11.7. The van der Waals surface area contributed by atoms with Crippen molar-refractivity contribution in [2.24, 2.45) is 0 Å². The Labute approximate surface area is 125 Å². The molecule has 1 aromatic carbocycles. The van der Waals surface area contributed by atoms with Crippen LogP contribution in [0.15, 0.2) is 27.1 Å². The molecule has 2 atom stereocenters. The van der Waals surface area contributed by atoms with Crippen LogP contribution in [-0.4, -0.2) is 18.5 Å². The molecule has 3 nitrogen and oxygen atoms in total. The van der Waals surface area contributed by atoms with E-state index in [1.807, 2.05) is 39.0 Å². The Morgan fingerprint density at radius 2 is 2.00 bits per heavy atom. The predicted octanol–water partition coefficient (Wildman–Crippen LogP) is 3.39. The van der Waals surface area contributed by atoms with Crippen molar-refractivity contribution in [2.45, 2.75) is 32.9 Å². The van der Waals surface area contributed by atoms with E-state index in [2.05, 4.69) is 42.5 Å². The maximum Gasteiger partial charge on any atom is 0.236 e. The first-order valence-electron chi connectivity index (χ1n) is 5.94. The number of carbonyl (C=O) groups excluding carboxylic acids is 1. The van der Waals surface area contributed by atoms with Crippen LogP contribution in [0, 0.1) is 0 Å². The minimum absolute atomic E-state index is 0.0255. The normalized spacial score (nSPS) is 14.1. The van der Waals surface area contributed by atoms with Crippen LogP contribution in [0.5, 0.6) is 0 Å². The van der Waals surface area contributed by atoms with Gasteiger partial charge in [-0.25, -0.2) is 0 Å². The lowest BCUT2D eigenvalue weighted by Gasteiger charge is -2.20. The van der Waals surface area contributed by atoms with Crippen molar-refractivity contribution in [1.82, 2.24) is 10.6 Å². The molecule has 0 saturated heterocycles. The van der Waals surface area contributed by atoms with E-state index in [1.54, 1.807) is 0 Å². The van der Waals surface area contributed by atoms with Crippen LogP contribution in [0.1, 0.15) is 32.4 Å². The number of rotatable bonds is 5. The summed E-state index contributed by atoms with van der Waals surface area (Å²) < 4.78 is 2.06. The standard InChI is InChI=1S/C13H18Br2N2O/c1-4-16-13(18)9(3)17-8(2)11-6-5-10(14)7-12(11)15/h5-9,17H,4H2,1-3H3,(H,16,18). The second-order valence-electron chi connectivity index (χ2n) is 4.17. The number of halogens is 2. The van der Waals surface area contributed by atoms with Crippen LogP contribution >= 0.6 is 31.9 Å². The van der Waals surface area contributed by atoms with Gasteiger partial charge in [0.15, 0.2) is 0 Å². The Morgan fingerprint density at radius 1 is 1.33 bits per heavy atom. The van der Waals surface area contributed by atoms with Crippen molar-refractivity contribution < 1.29 is 4.79 Å². The number of nitrogens with one attached hydrogen (secondary N) is 2. The quantitative estimate of drug-likeness (QED) is 0.825. The van der Waals surface area contributed by atoms with Crippen molar-refractivity contribution in [2.75, 3.05) is 6.54 Å². The van der Waals surface area contributed by atoms with Gasteiger partial charge in [0.2, 0.25) is 5.91 Å². The number of hydrogen-bond donors (Lipinski definition) is 2. The molecule has 0 fully saturated rings. The molecule has 2 N–H and O–H groups in total. The van der Waals surface area contributed by atoms with Crippen molar-refractivity contribution in [3.05, 3.63) is 32.7 Å². The van der Waals surface area contributed by atoms with Gasteiger partial charge in [-0.1, -0.05) is 37.9 Å². The van der Waals surface area contributed by atoms with Crippen LogP contribution in [-0.2, 0) is 4.79 Å². The highest BCUT2D eigenvalue weighted by molar-refractivity contribution is 9.11. The zero-order valence-electron chi connectivity index (χ0n) is 10.8. The molecular weight excluding hydrogens is 360 g/mol. The van der Waals surface area contributed by atoms with Gasteiger partial charge in [0, 0.05) is 21.5 Å². The van der Waals surface area contributed by atoms with E-state index in [0.717, 1.165) is 14.5 Å². The summed E-state index contributed by atoms with van der Waals surface area (Å²) in [5.41, 5.74) is 1.13. The van der Waals surface area contributed by atoms with Crippen molar-refractivity contribution in [1.29, 1.82) is 0 Å². The molecule has 2 unspecified atom stereocenters. The predicted molar refractivity (Wildman–Crippen MR) is 81.5 cm³/mol. The van der Waals surface area contributed by atoms with Gasteiger partial charge >= 0.3 is 0 Å². The second kappa shape index (κ2) is 7.26. The van der Waals surface area contributed by atoms with Crippen molar-refractivity contribution >= 4 is 37.8 Å². The Bertz CT molecular complexity index is 423. The maximum atomic E-state index is 11.7. The molecule has 0 radical (unpaired) electrons. The lowest BCUT2D eigenvalue weighted by atomic mass is 10.1. The molecule has 0 heterocycles. The van der Waals surface area contributed by atoms with E-state index >= 15 is 0 Å². The van der Waals surface area contributed by atoms with E-state index in [4.69, 9.17) is 0 Å². The molecule has 18 heavy (non-hydrogen) atoms. The third-order valence-corrected chi connectivity index (χ3v) is 3.85. The molecule has 0 aliphatic rings. The van der Waals surface area contributed by atoms with E-state index < -0.39 is 0 Å². The molecule has 0 spiro atoms. The highest BCUT2D eigenvalue weighted by Gasteiger charge is 2.16. The lowest BCUT2D eigenvalue weighted by molar-refractivity contribution is -0.122. The smallest absolute Gasteiger partial charge is 0.236 e. The Hall–Kier alpha value is -0.390. The van der Waals surface area contributed by atoms with Crippen LogP contribution in [0.4, 0.5) is 0 Å². The molecule has 1 aromatic rings. The molecule has 0 saturated carbocycles. The molecule has 5 heteroatoms. The van der Waals surface area contributed by atoms with Crippen LogP contribution in [0.3, 0.4) is 0 Å². The molecule has 100 valence electrons. The monoisotopic (exact) mass is 376 g/mol. The summed E-state index contributed by atoms with van der Waals surface area (Å²) in [5.74, 6) is 0.0255. The largest absolute Gasteiger partial charge is 0.355 e. The van der Waals surface area contributed by atoms with Crippen LogP contribution < -0.4 is 10.6 Å². The molecule has 0 aromatic heterocycles. The fourth-order valence-corrected chi connectivity index (χ4v) is 3.11. The SMILES string of the molecule is CCNC(=O)C(C)NC(C)c1ccc(Br)cc1Br. The van der Waals surface area contributed by atoms with Gasteiger partial charge in [-0.3, -0.25) is 10.1 Å². The minimum atomic E-state index is -0.213. The summed E-state index contributed by atoms with van der Waals surface area (Å²) in [6.45, 7) is 6.48. The minimum Gasteiger partial charge on any atom is -0.355 e. The fourth-order valence-electron chi connectivity index (χ4n) is 1.72. The molecular formula is C13H18Br2N2O. The number of carbonyl (C=O) groups is 1. The Morgan fingerprint density at radius 3 is 2.56 bits per heavy atom. The lowest BCUT2D eigenvalue weighted by Crippen LogP contribution is -2.43. The number of hydrogen-bond acceptors (Lipinski definition) is 2. The summed E-state index contributed by atoms with van der Waals surface area (Å²) in [6, 6.07) is 5.93. The van der Waals surface area contributed by atoms with Gasteiger partial charge in [0.05, 0.1) is 6.04 Å². The first-order valence-corrected chi connectivity index (χ1v) is 7.53. The first-order chi connectivity index (χ1) is 8.45. The fraction of sp³-hybridized carbons (Fsp3) is 0.462. The summed E-state index contributed by atoms with van der Waals surface area (Å²) in [7, 11) is 0. The molecule has 0 aliphatic heterocycles. The van der Waals surface area contributed by atoms with E-state index in [0.29, 0.717) is 6.54 Å².